The Hall–Kier alpha value is -3.54. The molecular weight excluding hydrogens is 336 g/mol. The second kappa shape index (κ2) is 15.0. The number of benzene rings is 2. The van der Waals surface area contributed by atoms with E-state index < -0.39 is 11.9 Å². The van der Waals surface area contributed by atoms with Crippen molar-refractivity contribution in [2.75, 3.05) is 0 Å². The molecule has 0 atom stereocenters. The van der Waals surface area contributed by atoms with E-state index in [4.69, 9.17) is 20.4 Å². The Kier molecular flexibility index (Phi) is 14.3. The van der Waals surface area contributed by atoms with Gasteiger partial charge in [0.1, 0.15) is 11.5 Å². The third kappa shape index (κ3) is 18.5. The van der Waals surface area contributed by atoms with Crippen LogP contribution in [0.2, 0.25) is 0 Å². The van der Waals surface area contributed by atoms with E-state index >= 15 is 0 Å². The monoisotopic (exact) mass is 360 g/mol. The first kappa shape index (κ1) is 24.7. The zero-order valence-corrected chi connectivity index (χ0v) is 14.8. The van der Waals surface area contributed by atoms with Crippen LogP contribution >= 0.6 is 0 Å². The molecule has 0 aliphatic carbocycles. The summed E-state index contributed by atoms with van der Waals surface area (Å²) in [5.41, 5.74) is 0.352. The fraction of sp³-hybridized carbons (Fsp3) is 0.100. The number of carbonyl (C=O) groups is 2. The molecule has 0 saturated heterocycles. The zero-order chi connectivity index (χ0) is 20.5. The minimum Gasteiger partial charge on any atom is -0.508 e. The van der Waals surface area contributed by atoms with Gasteiger partial charge in [-0.15, -0.1) is 0 Å². The van der Waals surface area contributed by atoms with Crippen LogP contribution in [0.15, 0.2) is 85.0 Å². The molecule has 0 aromatic heterocycles. The van der Waals surface area contributed by atoms with Crippen molar-refractivity contribution >= 4 is 11.9 Å². The van der Waals surface area contributed by atoms with Crippen molar-refractivity contribution in [2.24, 2.45) is 0 Å². The lowest BCUT2D eigenvalue weighted by atomic mass is 10.3. The molecule has 0 saturated carbocycles. The highest BCUT2D eigenvalue weighted by atomic mass is 16.4. The average Bonchev–Trinajstić information content (AvgIpc) is 2.58. The SMILES string of the molecule is C=C(C)C(=O)O.C=C(C)C(=O)O.Oc1ccccc1.Oc1ccccc1. The first-order chi connectivity index (χ1) is 12.1. The summed E-state index contributed by atoms with van der Waals surface area (Å²) in [7, 11) is 0. The molecule has 4 N–H and O–H groups in total. The third-order valence-corrected chi connectivity index (χ3v) is 2.24. The van der Waals surface area contributed by atoms with Crippen molar-refractivity contribution in [3.63, 3.8) is 0 Å². The van der Waals surface area contributed by atoms with E-state index in [9.17, 15) is 9.59 Å². The smallest absolute Gasteiger partial charge is 0.330 e. The van der Waals surface area contributed by atoms with Gasteiger partial charge in [-0.3, -0.25) is 0 Å². The molecule has 0 spiro atoms. The number of phenols is 2. The summed E-state index contributed by atoms with van der Waals surface area (Å²) in [6, 6.07) is 17.4. The Balaban J connectivity index is 0. The molecule has 0 bridgehead atoms. The number of hydrogen-bond acceptors (Lipinski definition) is 4. The van der Waals surface area contributed by atoms with Crippen LogP contribution in [-0.4, -0.2) is 32.4 Å². The Morgan fingerprint density at radius 1 is 0.654 bits per heavy atom. The summed E-state index contributed by atoms with van der Waals surface area (Å²) in [4.78, 5) is 19.2. The molecule has 2 aromatic carbocycles. The first-order valence-electron chi connectivity index (χ1n) is 7.33. The Morgan fingerprint density at radius 3 is 0.923 bits per heavy atom. The maximum Gasteiger partial charge on any atom is 0.330 e. The second-order valence-corrected chi connectivity index (χ2v) is 4.84. The molecule has 6 heteroatoms. The predicted molar refractivity (Wildman–Crippen MR) is 101 cm³/mol. The van der Waals surface area contributed by atoms with Crippen LogP contribution in [0.4, 0.5) is 0 Å². The molecule has 0 aliphatic heterocycles. The fourth-order valence-corrected chi connectivity index (χ4v) is 0.856. The number of phenolic OH excluding ortho intramolecular Hbond substituents is 2. The summed E-state index contributed by atoms with van der Waals surface area (Å²) in [6.45, 7) is 9.20. The number of hydrogen-bond donors (Lipinski definition) is 4. The van der Waals surface area contributed by atoms with Gasteiger partial charge in [0, 0.05) is 11.1 Å². The highest BCUT2D eigenvalue weighted by Crippen LogP contribution is 2.03. The highest BCUT2D eigenvalue weighted by molar-refractivity contribution is 5.85. The summed E-state index contributed by atoms with van der Waals surface area (Å²) < 4.78 is 0. The number of para-hydroxylation sites is 2. The van der Waals surface area contributed by atoms with E-state index in [1.807, 2.05) is 12.1 Å². The largest absolute Gasteiger partial charge is 0.508 e. The van der Waals surface area contributed by atoms with Gasteiger partial charge >= 0.3 is 11.9 Å². The summed E-state index contributed by atoms with van der Waals surface area (Å²) in [5, 5.41) is 33.0. The number of rotatable bonds is 2. The van der Waals surface area contributed by atoms with E-state index in [2.05, 4.69) is 13.2 Å². The Labute approximate surface area is 153 Å². The quantitative estimate of drug-likeness (QED) is 0.600. The summed E-state index contributed by atoms with van der Waals surface area (Å²) in [5.74, 6) is -1.23. The van der Waals surface area contributed by atoms with Crippen molar-refractivity contribution in [3.05, 3.63) is 85.0 Å². The van der Waals surface area contributed by atoms with Crippen LogP contribution in [0.1, 0.15) is 13.8 Å². The molecule has 26 heavy (non-hydrogen) atoms. The summed E-state index contributed by atoms with van der Waals surface area (Å²) >= 11 is 0. The molecule has 2 aromatic rings. The molecule has 0 heterocycles. The van der Waals surface area contributed by atoms with Crippen molar-refractivity contribution in [3.8, 4) is 11.5 Å². The maximum absolute atomic E-state index is 9.60. The van der Waals surface area contributed by atoms with Gasteiger partial charge in [0.05, 0.1) is 0 Å². The van der Waals surface area contributed by atoms with Crippen LogP contribution in [0, 0.1) is 0 Å². The van der Waals surface area contributed by atoms with Crippen molar-refractivity contribution < 1.29 is 30.0 Å². The molecule has 6 nitrogen and oxygen atoms in total. The minimum atomic E-state index is -0.935. The fourth-order valence-electron chi connectivity index (χ4n) is 0.856. The molecule has 0 radical (unpaired) electrons. The van der Waals surface area contributed by atoms with Gasteiger partial charge in [0.25, 0.3) is 0 Å². The highest BCUT2D eigenvalue weighted by Gasteiger charge is 1.90. The van der Waals surface area contributed by atoms with Crippen LogP contribution < -0.4 is 0 Å². The van der Waals surface area contributed by atoms with Crippen LogP contribution in [0.3, 0.4) is 0 Å². The Bertz CT molecular complexity index is 592. The van der Waals surface area contributed by atoms with Crippen molar-refractivity contribution in [1.82, 2.24) is 0 Å². The molecule has 140 valence electrons. The minimum absolute atomic E-state index is 0.176. The normalized spacial score (nSPS) is 8.08. The summed E-state index contributed by atoms with van der Waals surface area (Å²) in [6.07, 6.45) is 0. The lowest BCUT2D eigenvalue weighted by Crippen LogP contribution is -1.92. The Morgan fingerprint density at radius 2 is 0.846 bits per heavy atom. The van der Waals surface area contributed by atoms with E-state index in [0.717, 1.165) is 0 Å². The number of carboxylic acid groups (broad SMARTS) is 2. The standard InChI is InChI=1S/2C6H6O.2C4H6O2/c2*7-6-4-2-1-3-5-6;2*1-3(2)4(5)6/h2*1-5,7H;2*1H2,2H3,(H,5,6). The van der Waals surface area contributed by atoms with Gasteiger partial charge in [-0.1, -0.05) is 49.6 Å². The van der Waals surface area contributed by atoms with Crippen LogP contribution in [0.25, 0.3) is 0 Å². The average molecular weight is 360 g/mol. The zero-order valence-electron chi connectivity index (χ0n) is 14.8. The van der Waals surface area contributed by atoms with Crippen molar-refractivity contribution in [1.29, 1.82) is 0 Å². The first-order valence-corrected chi connectivity index (χ1v) is 7.33. The van der Waals surface area contributed by atoms with E-state index in [1.54, 1.807) is 48.5 Å². The van der Waals surface area contributed by atoms with E-state index in [0.29, 0.717) is 11.5 Å². The van der Waals surface area contributed by atoms with Crippen LogP contribution in [-0.2, 0) is 9.59 Å². The van der Waals surface area contributed by atoms with Gasteiger partial charge < -0.3 is 20.4 Å². The number of aromatic hydroxyl groups is 2. The van der Waals surface area contributed by atoms with Gasteiger partial charge in [0.2, 0.25) is 0 Å². The molecule has 0 fully saturated rings. The molecule has 0 aliphatic rings. The van der Waals surface area contributed by atoms with Crippen LogP contribution in [0.5, 0.6) is 11.5 Å². The molecule has 0 unspecified atom stereocenters. The van der Waals surface area contributed by atoms with Gasteiger partial charge in [0.15, 0.2) is 0 Å². The predicted octanol–water partition coefficient (Wildman–Crippen LogP) is 4.08. The van der Waals surface area contributed by atoms with Gasteiger partial charge in [-0.2, -0.15) is 0 Å². The van der Waals surface area contributed by atoms with Crippen molar-refractivity contribution in [2.45, 2.75) is 13.8 Å². The lowest BCUT2D eigenvalue weighted by Gasteiger charge is -1.82. The molecule has 2 rings (SSSR count). The maximum atomic E-state index is 9.60. The lowest BCUT2D eigenvalue weighted by molar-refractivity contribution is -0.133. The molecular formula is C20H24O6. The van der Waals surface area contributed by atoms with Gasteiger partial charge in [-0.25, -0.2) is 9.59 Å². The van der Waals surface area contributed by atoms with Gasteiger partial charge in [-0.05, 0) is 38.1 Å². The topological polar surface area (TPSA) is 115 Å². The number of aliphatic carboxylic acids is 2. The second-order valence-electron chi connectivity index (χ2n) is 4.84. The third-order valence-electron chi connectivity index (χ3n) is 2.24. The van der Waals surface area contributed by atoms with E-state index in [-0.39, 0.29) is 11.1 Å². The van der Waals surface area contributed by atoms with E-state index in [1.165, 1.54) is 13.8 Å². The molecule has 0 amide bonds. The number of carboxylic acids is 2.